The van der Waals surface area contributed by atoms with Gasteiger partial charge in [-0.1, -0.05) is 20.8 Å². The van der Waals surface area contributed by atoms with Gasteiger partial charge in [-0.05, 0) is 11.3 Å². The highest BCUT2D eigenvalue weighted by atomic mass is 19.4. The predicted molar refractivity (Wildman–Crippen MR) is 55.5 cm³/mol. The van der Waals surface area contributed by atoms with E-state index >= 15 is 0 Å². The molecule has 6 heteroatoms. The van der Waals surface area contributed by atoms with E-state index in [0.29, 0.717) is 6.61 Å². The monoisotopic (exact) mass is 256 g/mol. The Morgan fingerprint density at radius 2 is 1.94 bits per heavy atom. The largest absolute Gasteiger partial charge is 0.411 e. The van der Waals surface area contributed by atoms with Gasteiger partial charge in [0.05, 0.1) is 19.3 Å². The Morgan fingerprint density at radius 3 is 2.41 bits per heavy atom. The van der Waals surface area contributed by atoms with Gasteiger partial charge >= 0.3 is 6.18 Å². The van der Waals surface area contributed by atoms with Crippen molar-refractivity contribution in [2.45, 2.75) is 33.1 Å². The molecule has 0 bridgehead atoms. The predicted octanol–water partition coefficient (Wildman–Crippen LogP) is 2.60. The summed E-state index contributed by atoms with van der Waals surface area (Å²) in [6.45, 7) is 5.28. The molecule has 17 heavy (non-hydrogen) atoms. The third kappa shape index (κ3) is 4.81. The topological polar surface area (TPSA) is 27.7 Å². The van der Waals surface area contributed by atoms with Crippen LogP contribution in [0.5, 0.6) is 0 Å². The maximum atomic E-state index is 12.0. The summed E-state index contributed by atoms with van der Waals surface area (Å²) in [5.41, 5.74) is -0.385. The smallest absolute Gasteiger partial charge is 0.371 e. The fourth-order valence-corrected chi connectivity index (χ4v) is 1.70. The molecule has 1 aliphatic rings. The van der Waals surface area contributed by atoms with Crippen molar-refractivity contribution in [1.82, 2.24) is 0 Å². The standard InChI is InChI=1S/C11H19F3O3/c1-8(9-4-15-7-17-9)10(2,3)5-16-6-11(12,13)14/h8-9H,4-7H2,1-3H3. The van der Waals surface area contributed by atoms with Crippen molar-refractivity contribution in [2.24, 2.45) is 11.3 Å². The van der Waals surface area contributed by atoms with Crippen LogP contribution in [0, 0.1) is 11.3 Å². The second-order valence-electron chi connectivity index (χ2n) is 5.08. The lowest BCUT2D eigenvalue weighted by molar-refractivity contribution is -0.182. The van der Waals surface area contributed by atoms with E-state index in [2.05, 4.69) is 0 Å². The first-order chi connectivity index (χ1) is 7.72. The average Bonchev–Trinajstić information content (AvgIpc) is 2.66. The number of hydrogen-bond acceptors (Lipinski definition) is 3. The van der Waals surface area contributed by atoms with Gasteiger partial charge in [0.1, 0.15) is 13.4 Å². The van der Waals surface area contributed by atoms with Crippen LogP contribution in [0.1, 0.15) is 20.8 Å². The fraction of sp³-hybridized carbons (Fsp3) is 1.00. The minimum Gasteiger partial charge on any atom is -0.371 e. The minimum absolute atomic E-state index is 0.0491. The Kier molecular flexibility index (Phi) is 4.80. The summed E-state index contributed by atoms with van der Waals surface area (Å²) in [5, 5.41) is 0. The SMILES string of the molecule is CC(C1COCO1)C(C)(C)COCC(F)(F)F. The number of ether oxygens (including phenoxy) is 3. The Hall–Kier alpha value is -0.330. The quantitative estimate of drug-likeness (QED) is 0.756. The fourth-order valence-electron chi connectivity index (χ4n) is 1.70. The van der Waals surface area contributed by atoms with Crippen molar-refractivity contribution < 1.29 is 27.4 Å². The molecule has 0 spiro atoms. The molecule has 0 aromatic heterocycles. The normalized spacial score (nSPS) is 24.0. The molecule has 1 saturated heterocycles. The zero-order valence-corrected chi connectivity index (χ0v) is 10.3. The summed E-state index contributed by atoms with van der Waals surface area (Å²) >= 11 is 0. The van der Waals surface area contributed by atoms with E-state index in [0.717, 1.165) is 0 Å². The number of rotatable bonds is 5. The summed E-state index contributed by atoms with van der Waals surface area (Å²) in [4.78, 5) is 0. The first kappa shape index (κ1) is 14.7. The molecule has 102 valence electrons. The lowest BCUT2D eigenvalue weighted by Gasteiger charge is -2.34. The van der Waals surface area contributed by atoms with Crippen LogP contribution in [-0.4, -0.2) is 38.9 Å². The Labute approximate surface area is 99.2 Å². The van der Waals surface area contributed by atoms with Crippen LogP contribution in [0.4, 0.5) is 13.2 Å². The molecule has 0 aromatic rings. The molecule has 0 aliphatic carbocycles. The van der Waals surface area contributed by atoms with Gasteiger partial charge in [-0.2, -0.15) is 13.2 Å². The van der Waals surface area contributed by atoms with Crippen LogP contribution in [0.25, 0.3) is 0 Å². The van der Waals surface area contributed by atoms with Crippen molar-refractivity contribution in [3.8, 4) is 0 Å². The summed E-state index contributed by atoms with van der Waals surface area (Å²) < 4.78 is 51.0. The molecule has 1 rings (SSSR count). The molecule has 2 atom stereocenters. The van der Waals surface area contributed by atoms with E-state index in [9.17, 15) is 13.2 Å². The van der Waals surface area contributed by atoms with Crippen molar-refractivity contribution >= 4 is 0 Å². The van der Waals surface area contributed by atoms with Crippen molar-refractivity contribution in [2.75, 3.05) is 26.6 Å². The van der Waals surface area contributed by atoms with Crippen LogP contribution in [-0.2, 0) is 14.2 Å². The first-order valence-corrected chi connectivity index (χ1v) is 5.56. The minimum atomic E-state index is -4.27. The zero-order valence-electron chi connectivity index (χ0n) is 10.3. The molecule has 1 aliphatic heterocycles. The molecule has 1 fully saturated rings. The molecule has 2 unspecified atom stereocenters. The third-order valence-electron chi connectivity index (χ3n) is 3.18. The molecule has 0 saturated carbocycles. The van der Waals surface area contributed by atoms with Crippen molar-refractivity contribution in [3.63, 3.8) is 0 Å². The molecule has 0 amide bonds. The van der Waals surface area contributed by atoms with Crippen LogP contribution in [0.2, 0.25) is 0 Å². The molecule has 3 nitrogen and oxygen atoms in total. The van der Waals surface area contributed by atoms with E-state index in [1.807, 2.05) is 20.8 Å². The van der Waals surface area contributed by atoms with Crippen molar-refractivity contribution in [3.05, 3.63) is 0 Å². The number of hydrogen-bond donors (Lipinski definition) is 0. The van der Waals surface area contributed by atoms with Crippen molar-refractivity contribution in [1.29, 1.82) is 0 Å². The second kappa shape index (κ2) is 5.54. The summed E-state index contributed by atoms with van der Waals surface area (Å²) in [6.07, 6.45) is -4.34. The van der Waals surface area contributed by atoms with Crippen LogP contribution >= 0.6 is 0 Å². The Bertz CT molecular complexity index is 235. The zero-order chi connectivity index (χ0) is 13.1. The Morgan fingerprint density at radius 1 is 1.29 bits per heavy atom. The molecule has 1 heterocycles. The third-order valence-corrected chi connectivity index (χ3v) is 3.18. The second-order valence-corrected chi connectivity index (χ2v) is 5.08. The molecule has 0 aromatic carbocycles. The van der Waals surface area contributed by atoms with Crippen LogP contribution in [0.3, 0.4) is 0 Å². The van der Waals surface area contributed by atoms with Gasteiger partial charge in [0.2, 0.25) is 0 Å². The lowest BCUT2D eigenvalue weighted by Crippen LogP contribution is -2.37. The van der Waals surface area contributed by atoms with Gasteiger partial charge in [0.25, 0.3) is 0 Å². The van der Waals surface area contributed by atoms with E-state index in [1.54, 1.807) is 0 Å². The maximum Gasteiger partial charge on any atom is 0.411 e. The van der Waals surface area contributed by atoms with Gasteiger partial charge in [0, 0.05) is 0 Å². The summed E-state index contributed by atoms with van der Waals surface area (Å²) in [7, 11) is 0. The van der Waals surface area contributed by atoms with Gasteiger partial charge in [-0.25, -0.2) is 0 Å². The van der Waals surface area contributed by atoms with Gasteiger partial charge in [0.15, 0.2) is 0 Å². The van der Waals surface area contributed by atoms with Gasteiger partial charge in [-0.3, -0.25) is 0 Å². The van der Waals surface area contributed by atoms with E-state index in [4.69, 9.17) is 14.2 Å². The maximum absolute atomic E-state index is 12.0. The van der Waals surface area contributed by atoms with Crippen LogP contribution in [0.15, 0.2) is 0 Å². The Balaban J connectivity index is 2.38. The summed E-state index contributed by atoms with van der Waals surface area (Å²) in [6, 6.07) is 0. The van der Waals surface area contributed by atoms with Gasteiger partial charge < -0.3 is 14.2 Å². The van der Waals surface area contributed by atoms with E-state index in [1.165, 1.54) is 0 Å². The summed E-state index contributed by atoms with van der Waals surface area (Å²) in [5.74, 6) is 0.0678. The molecule has 0 radical (unpaired) electrons. The highest BCUT2D eigenvalue weighted by Crippen LogP contribution is 2.33. The van der Waals surface area contributed by atoms with E-state index < -0.39 is 12.8 Å². The number of halogens is 3. The molecular formula is C11H19F3O3. The highest BCUT2D eigenvalue weighted by Gasteiger charge is 2.36. The number of alkyl halides is 3. The molecule has 0 N–H and O–H groups in total. The van der Waals surface area contributed by atoms with Gasteiger partial charge in [-0.15, -0.1) is 0 Å². The highest BCUT2D eigenvalue weighted by molar-refractivity contribution is 4.82. The van der Waals surface area contributed by atoms with Crippen LogP contribution < -0.4 is 0 Å². The lowest BCUT2D eigenvalue weighted by atomic mass is 9.77. The first-order valence-electron chi connectivity index (χ1n) is 5.56. The van der Waals surface area contributed by atoms with E-state index in [-0.39, 0.29) is 30.8 Å². The average molecular weight is 256 g/mol. The molecular weight excluding hydrogens is 237 g/mol.